The van der Waals surface area contributed by atoms with E-state index in [1.54, 1.807) is 34.4 Å². The molecule has 2 aromatic heterocycles. The van der Waals surface area contributed by atoms with Crippen LogP contribution in [0.2, 0.25) is 0 Å². The predicted octanol–water partition coefficient (Wildman–Crippen LogP) is 6.25. The fourth-order valence-electron chi connectivity index (χ4n) is 7.24. The molecule has 40 heavy (non-hydrogen) atoms. The summed E-state index contributed by atoms with van der Waals surface area (Å²) in [6, 6.07) is 6.81. The van der Waals surface area contributed by atoms with E-state index in [9.17, 15) is 0 Å². The molecule has 0 radical (unpaired) electrons. The van der Waals surface area contributed by atoms with Crippen molar-refractivity contribution in [2.24, 2.45) is 16.3 Å². The summed E-state index contributed by atoms with van der Waals surface area (Å²) >= 11 is 5.19. The van der Waals surface area contributed by atoms with E-state index in [2.05, 4.69) is 33.1 Å². The first-order valence-electron chi connectivity index (χ1n) is 14.4. The van der Waals surface area contributed by atoms with Gasteiger partial charge < -0.3 is 19.1 Å². The van der Waals surface area contributed by atoms with E-state index in [4.69, 9.17) is 19.2 Å². The Hall–Kier alpha value is -1.98. The van der Waals surface area contributed by atoms with Crippen LogP contribution in [0.1, 0.15) is 59.7 Å². The van der Waals surface area contributed by atoms with Gasteiger partial charge in [-0.1, -0.05) is 17.8 Å². The molecule has 10 heteroatoms. The van der Waals surface area contributed by atoms with Crippen molar-refractivity contribution in [2.75, 3.05) is 13.7 Å². The Labute approximate surface area is 247 Å². The van der Waals surface area contributed by atoms with Crippen molar-refractivity contribution in [1.82, 2.24) is 14.9 Å². The van der Waals surface area contributed by atoms with E-state index in [-0.39, 0.29) is 17.7 Å². The van der Waals surface area contributed by atoms with Crippen molar-refractivity contribution in [3.63, 3.8) is 0 Å². The number of epoxide rings is 1. The fourth-order valence-corrected chi connectivity index (χ4v) is 9.58. The number of methoxy groups -OCH3 is 1. The number of aliphatic imine (C=N–C) groups is 1. The predicted molar refractivity (Wildman–Crippen MR) is 159 cm³/mol. The Kier molecular flexibility index (Phi) is 6.48. The van der Waals surface area contributed by atoms with Crippen LogP contribution in [0.3, 0.4) is 0 Å². The molecule has 2 aliphatic heterocycles. The van der Waals surface area contributed by atoms with Crippen LogP contribution in [0.5, 0.6) is 5.75 Å². The highest BCUT2D eigenvalue weighted by molar-refractivity contribution is 8.13. The van der Waals surface area contributed by atoms with Gasteiger partial charge in [-0.05, 0) is 74.1 Å². The van der Waals surface area contributed by atoms with Gasteiger partial charge in [0.1, 0.15) is 27.4 Å². The Bertz CT molecular complexity index is 1390. The van der Waals surface area contributed by atoms with Crippen LogP contribution in [0.25, 0.3) is 0 Å². The minimum Gasteiger partial charge on any atom is -0.493 e. The molecule has 1 saturated heterocycles. The second-order valence-corrected chi connectivity index (χ2v) is 14.7. The topological polar surface area (TPSA) is 72.4 Å². The first-order valence-corrected chi connectivity index (χ1v) is 17.1. The lowest BCUT2D eigenvalue weighted by Crippen LogP contribution is -2.54. The molecule has 0 bridgehead atoms. The number of amidine groups is 1. The smallest absolute Gasteiger partial charge is 0.163 e. The quantitative estimate of drug-likeness (QED) is 0.286. The summed E-state index contributed by atoms with van der Waals surface area (Å²) in [6.45, 7) is 1.53. The molecule has 4 heterocycles. The number of nitrogens with zero attached hydrogens (tertiary/aromatic N) is 4. The molecule has 1 aromatic carbocycles. The number of thiazole rings is 2. The van der Waals surface area contributed by atoms with Crippen LogP contribution in [0.4, 0.5) is 0 Å². The zero-order valence-electron chi connectivity index (χ0n) is 22.7. The van der Waals surface area contributed by atoms with Crippen LogP contribution in [0.15, 0.2) is 46.3 Å². The molecular formula is C30H34N4O3S3. The zero-order chi connectivity index (χ0) is 26.7. The molecule has 3 unspecified atom stereocenters. The molecule has 0 amide bonds. The third-order valence-electron chi connectivity index (χ3n) is 9.54. The van der Waals surface area contributed by atoms with Crippen molar-refractivity contribution in [3.8, 4) is 5.75 Å². The van der Waals surface area contributed by atoms with Crippen LogP contribution in [-0.4, -0.2) is 52.2 Å². The minimum atomic E-state index is -0.421. The number of hydrogen-bond donors (Lipinski definition) is 0. The van der Waals surface area contributed by atoms with Gasteiger partial charge in [0.15, 0.2) is 11.4 Å². The largest absolute Gasteiger partial charge is 0.493 e. The number of hydrogen-bond acceptors (Lipinski definition) is 10. The number of ether oxygens (including phenoxy) is 3. The second kappa shape index (κ2) is 10.1. The molecule has 210 valence electrons. The number of rotatable bonds is 8. The SMILES string of the molecule is COC1CCC2(CC1)Cc1ccc(OCC3CC3)cc1C21N=C(SCc2nccs2)N(Cc2nccs2)C2OC21. The van der Waals surface area contributed by atoms with Crippen LogP contribution in [-0.2, 0) is 33.7 Å². The van der Waals surface area contributed by atoms with Gasteiger partial charge in [0.05, 0.1) is 25.0 Å². The van der Waals surface area contributed by atoms with E-state index in [0.717, 1.165) is 77.9 Å². The van der Waals surface area contributed by atoms with E-state index >= 15 is 0 Å². The molecule has 3 aromatic rings. The molecule has 2 saturated carbocycles. The monoisotopic (exact) mass is 594 g/mol. The Morgan fingerprint density at radius 2 is 1.88 bits per heavy atom. The normalized spacial score (nSPS) is 32.3. The van der Waals surface area contributed by atoms with E-state index in [1.807, 2.05) is 30.3 Å². The molecule has 3 atom stereocenters. The lowest BCUT2D eigenvalue weighted by Gasteiger charge is -2.49. The van der Waals surface area contributed by atoms with Crippen LogP contribution >= 0.6 is 34.4 Å². The van der Waals surface area contributed by atoms with Gasteiger partial charge in [0.25, 0.3) is 0 Å². The van der Waals surface area contributed by atoms with Gasteiger partial charge in [0, 0.05) is 35.7 Å². The third-order valence-corrected chi connectivity index (χ3v) is 12.3. The zero-order valence-corrected chi connectivity index (χ0v) is 25.1. The van der Waals surface area contributed by atoms with Gasteiger partial charge >= 0.3 is 0 Å². The first kappa shape index (κ1) is 25.7. The van der Waals surface area contributed by atoms with E-state index < -0.39 is 5.54 Å². The Balaban J connectivity index is 1.22. The molecule has 7 nitrogen and oxygen atoms in total. The number of benzene rings is 1. The van der Waals surface area contributed by atoms with E-state index in [1.165, 1.54) is 24.0 Å². The molecule has 3 aliphatic carbocycles. The average molecular weight is 595 g/mol. The maximum Gasteiger partial charge on any atom is 0.163 e. The van der Waals surface area contributed by atoms with Crippen molar-refractivity contribution in [2.45, 2.75) is 81.2 Å². The summed E-state index contributed by atoms with van der Waals surface area (Å²) in [5.41, 5.74) is 2.32. The van der Waals surface area contributed by atoms with Crippen LogP contribution in [0, 0.1) is 11.3 Å². The molecule has 5 aliphatic rings. The summed E-state index contributed by atoms with van der Waals surface area (Å²) in [6.07, 6.45) is 12.0. The maximum absolute atomic E-state index is 6.72. The van der Waals surface area contributed by atoms with Crippen molar-refractivity contribution < 1.29 is 14.2 Å². The van der Waals surface area contributed by atoms with Crippen molar-refractivity contribution in [3.05, 3.63) is 62.5 Å². The molecule has 8 rings (SSSR count). The maximum atomic E-state index is 6.72. The third kappa shape index (κ3) is 4.33. The van der Waals surface area contributed by atoms with E-state index in [0.29, 0.717) is 6.10 Å². The van der Waals surface area contributed by atoms with Gasteiger partial charge in [-0.3, -0.25) is 0 Å². The molecule has 0 N–H and O–H groups in total. The highest BCUT2D eigenvalue weighted by Gasteiger charge is 2.72. The molecule has 3 fully saturated rings. The van der Waals surface area contributed by atoms with Gasteiger partial charge in [-0.25, -0.2) is 15.0 Å². The molecular weight excluding hydrogens is 561 g/mol. The standard InChI is InChI=1S/C30H34N4O3S3/c1-35-21-6-8-29(9-7-21)15-20-4-5-22(36-17-19-2-3-19)14-23(20)30(29)26-27(37-26)34(16-24-31-10-12-38-24)28(33-30)40-18-25-32-11-13-39-25/h4-5,10-14,19,21,26-27H,2-3,6-9,15-18H2,1H3. The van der Waals surface area contributed by atoms with Gasteiger partial charge in [-0.15, -0.1) is 22.7 Å². The van der Waals surface area contributed by atoms with Crippen LogP contribution < -0.4 is 4.74 Å². The second-order valence-electron chi connectivity index (χ2n) is 11.8. The minimum absolute atomic E-state index is 0.000734. The number of fused-ring (bicyclic) bond motifs is 5. The lowest BCUT2D eigenvalue weighted by atomic mass is 9.60. The van der Waals surface area contributed by atoms with Gasteiger partial charge in [0.2, 0.25) is 0 Å². The molecule has 2 spiro atoms. The van der Waals surface area contributed by atoms with Gasteiger partial charge in [-0.2, -0.15) is 0 Å². The summed E-state index contributed by atoms with van der Waals surface area (Å²) < 4.78 is 18.9. The Morgan fingerprint density at radius 3 is 2.60 bits per heavy atom. The summed E-state index contributed by atoms with van der Waals surface area (Å²) in [4.78, 5) is 17.4. The average Bonchev–Trinajstić information content (AvgIpc) is 3.83. The highest BCUT2D eigenvalue weighted by atomic mass is 32.2. The fraction of sp³-hybridized carbons (Fsp3) is 0.567. The summed E-state index contributed by atoms with van der Waals surface area (Å²) in [5.74, 6) is 2.49. The number of aromatic nitrogens is 2. The summed E-state index contributed by atoms with van der Waals surface area (Å²) in [5, 5.41) is 7.35. The summed E-state index contributed by atoms with van der Waals surface area (Å²) in [7, 11) is 1.86. The highest BCUT2D eigenvalue weighted by Crippen LogP contribution is 2.67. The number of thioether (sulfide) groups is 1. The lowest BCUT2D eigenvalue weighted by molar-refractivity contribution is -0.0121. The Morgan fingerprint density at radius 1 is 1.07 bits per heavy atom. The van der Waals surface area contributed by atoms with Crippen molar-refractivity contribution >= 4 is 39.6 Å². The van der Waals surface area contributed by atoms with Crippen molar-refractivity contribution in [1.29, 1.82) is 0 Å². The first-order chi connectivity index (χ1) is 19.7.